The summed E-state index contributed by atoms with van der Waals surface area (Å²) in [6, 6.07) is 0.384. The molecule has 3 heteroatoms. The van der Waals surface area contributed by atoms with Crippen molar-refractivity contribution >= 4 is 5.97 Å². The summed E-state index contributed by atoms with van der Waals surface area (Å²) >= 11 is 0. The molecule has 2 aliphatic rings. The lowest BCUT2D eigenvalue weighted by Crippen LogP contribution is -2.38. The minimum absolute atomic E-state index is 0.00651. The van der Waals surface area contributed by atoms with Crippen LogP contribution >= 0.6 is 0 Å². The molecule has 86 valence electrons. The summed E-state index contributed by atoms with van der Waals surface area (Å²) in [5, 5.41) is 0. The van der Waals surface area contributed by atoms with E-state index in [0.29, 0.717) is 17.9 Å². The van der Waals surface area contributed by atoms with Crippen molar-refractivity contribution in [2.75, 3.05) is 0 Å². The topological polar surface area (TPSA) is 52.3 Å². The molecule has 2 saturated carbocycles. The van der Waals surface area contributed by atoms with E-state index in [1.54, 1.807) is 0 Å². The van der Waals surface area contributed by atoms with Gasteiger partial charge in [-0.2, -0.15) is 0 Å². The van der Waals surface area contributed by atoms with Gasteiger partial charge >= 0.3 is 5.97 Å². The van der Waals surface area contributed by atoms with Crippen molar-refractivity contribution < 1.29 is 9.53 Å². The molecule has 1 unspecified atom stereocenters. The first-order valence-corrected chi connectivity index (χ1v) is 5.85. The zero-order valence-corrected chi connectivity index (χ0v) is 9.82. The molecule has 2 fully saturated rings. The highest BCUT2D eigenvalue weighted by molar-refractivity contribution is 5.76. The Bertz CT molecular complexity index is 263. The predicted molar refractivity (Wildman–Crippen MR) is 58.1 cm³/mol. The average molecular weight is 211 g/mol. The van der Waals surface area contributed by atoms with Gasteiger partial charge in [-0.15, -0.1) is 0 Å². The molecule has 0 heterocycles. The van der Waals surface area contributed by atoms with Gasteiger partial charge in [-0.3, -0.25) is 4.79 Å². The number of carbonyl (C=O) groups is 1. The van der Waals surface area contributed by atoms with Gasteiger partial charge in [0.2, 0.25) is 0 Å². The number of hydrogen-bond acceptors (Lipinski definition) is 3. The molecule has 0 bridgehead atoms. The molecule has 0 aromatic rings. The molecule has 0 aromatic heterocycles. The number of ether oxygens (including phenoxy) is 1. The SMILES string of the molecule is CC(C)(C)OC(=O)[C@H]1CC1C1CC(N)C1. The smallest absolute Gasteiger partial charge is 0.309 e. The molecule has 2 N–H and O–H groups in total. The second-order valence-corrected chi connectivity index (χ2v) is 6.03. The Balaban J connectivity index is 1.76. The highest BCUT2D eigenvalue weighted by atomic mass is 16.6. The van der Waals surface area contributed by atoms with Crippen LogP contribution in [-0.2, 0) is 9.53 Å². The minimum Gasteiger partial charge on any atom is -0.460 e. The van der Waals surface area contributed by atoms with E-state index in [1.807, 2.05) is 20.8 Å². The largest absolute Gasteiger partial charge is 0.460 e. The van der Waals surface area contributed by atoms with Crippen LogP contribution in [0.5, 0.6) is 0 Å². The summed E-state index contributed by atoms with van der Waals surface area (Å²) in [4.78, 5) is 11.7. The number of esters is 1. The first-order chi connectivity index (χ1) is 6.87. The lowest BCUT2D eigenvalue weighted by molar-refractivity contribution is -0.157. The van der Waals surface area contributed by atoms with Crippen LogP contribution in [0.2, 0.25) is 0 Å². The average Bonchev–Trinajstić information content (AvgIpc) is 2.73. The Labute approximate surface area is 91.4 Å². The van der Waals surface area contributed by atoms with E-state index in [-0.39, 0.29) is 17.5 Å². The minimum atomic E-state index is -0.347. The number of carbonyl (C=O) groups excluding carboxylic acids is 1. The zero-order chi connectivity index (χ0) is 11.2. The van der Waals surface area contributed by atoms with Gasteiger partial charge in [0, 0.05) is 6.04 Å². The summed E-state index contributed by atoms with van der Waals surface area (Å²) in [5.41, 5.74) is 5.39. The maximum Gasteiger partial charge on any atom is 0.309 e. The Hall–Kier alpha value is -0.570. The fraction of sp³-hybridized carbons (Fsp3) is 0.917. The third kappa shape index (κ3) is 2.51. The van der Waals surface area contributed by atoms with E-state index in [0.717, 1.165) is 19.3 Å². The number of nitrogens with two attached hydrogens (primary N) is 1. The van der Waals surface area contributed by atoms with Crippen molar-refractivity contribution in [3.63, 3.8) is 0 Å². The molecule has 0 aliphatic heterocycles. The Morgan fingerprint density at radius 2 is 1.87 bits per heavy atom. The number of rotatable bonds is 2. The molecule has 0 saturated heterocycles. The zero-order valence-electron chi connectivity index (χ0n) is 9.82. The highest BCUT2D eigenvalue weighted by Gasteiger charge is 2.52. The van der Waals surface area contributed by atoms with Crippen LogP contribution in [0, 0.1) is 17.8 Å². The van der Waals surface area contributed by atoms with E-state index in [1.165, 1.54) is 0 Å². The standard InChI is InChI=1S/C12H21NO2/c1-12(2,3)15-11(14)10-6-9(10)7-4-8(13)5-7/h7-10H,4-6,13H2,1-3H3/t7?,8?,9?,10-/m0/s1. The van der Waals surface area contributed by atoms with Crippen LogP contribution < -0.4 is 5.73 Å². The third-order valence-electron chi connectivity index (χ3n) is 3.37. The van der Waals surface area contributed by atoms with Crippen LogP contribution in [0.15, 0.2) is 0 Å². The Morgan fingerprint density at radius 1 is 1.27 bits per heavy atom. The van der Waals surface area contributed by atoms with Crippen LogP contribution in [0.3, 0.4) is 0 Å². The van der Waals surface area contributed by atoms with Crippen LogP contribution in [0.1, 0.15) is 40.0 Å². The predicted octanol–water partition coefficient (Wildman–Crippen LogP) is 1.70. The van der Waals surface area contributed by atoms with Crippen molar-refractivity contribution in [1.82, 2.24) is 0 Å². The molecule has 3 nitrogen and oxygen atoms in total. The van der Waals surface area contributed by atoms with Gasteiger partial charge in [-0.25, -0.2) is 0 Å². The molecule has 0 aromatic carbocycles. The fourth-order valence-corrected chi connectivity index (χ4v) is 2.44. The van der Waals surface area contributed by atoms with Crippen LogP contribution in [-0.4, -0.2) is 17.6 Å². The Kier molecular flexibility index (Phi) is 2.53. The third-order valence-corrected chi connectivity index (χ3v) is 3.37. The van der Waals surface area contributed by atoms with Crippen LogP contribution in [0.4, 0.5) is 0 Å². The quantitative estimate of drug-likeness (QED) is 0.707. The van der Waals surface area contributed by atoms with E-state index in [9.17, 15) is 4.79 Å². The molecule has 2 atom stereocenters. The normalized spacial score (nSPS) is 39.5. The molecule has 2 rings (SSSR count). The lowest BCUT2D eigenvalue weighted by atomic mass is 9.77. The van der Waals surface area contributed by atoms with Gasteiger partial charge in [0.25, 0.3) is 0 Å². The van der Waals surface area contributed by atoms with Gasteiger partial charge in [0.1, 0.15) is 5.60 Å². The number of hydrogen-bond donors (Lipinski definition) is 1. The van der Waals surface area contributed by atoms with Gasteiger partial charge < -0.3 is 10.5 Å². The van der Waals surface area contributed by atoms with Crippen molar-refractivity contribution in [2.45, 2.75) is 51.7 Å². The van der Waals surface area contributed by atoms with Crippen LogP contribution in [0.25, 0.3) is 0 Å². The van der Waals surface area contributed by atoms with Crippen molar-refractivity contribution in [3.05, 3.63) is 0 Å². The lowest BCUT2D eigenvalue weighted by Gasteiger charge is -2.32. The maximum atomic E-state index is 11.7. The van der Waals surface area contributed by atoms with Crippen molar-refractivity contribution in [2.24, 2.45) is 23.5 Å². The van der Waals surface area contributed by atoms with E-state index in [4.69, 9.17) is 10.5 Å². The molecule has 15 heavy (non-hydrogen) atoms. The molecule has 0 spiro atoms. The maximum absolute atomic E-state index is 11.7. The van der Waals surface area contributed by atoms with Crippen molar-refractivity contribution in [1.29, 1.82) is 0 Å². The van der Waals surface area contributed by atoms with Gasteiger partial charge in [-0.1, -0.05) is 0 Å². The molecule has 0 radical (unpaired) electrons. The first-order valence-electron chi connectivity index (χ1n) is 5.85. The fourth-order valence-electron chi connectivity index (χ4n) is 2.44. The van der Waals surface area contributed by atoms with Gasteiger partial charge in [0.05, 0.1) is 5.92 Å². The summed E-state index contributed by atoms with van der Waals surface area (Å²) < 4.78 is 5.37. The van der Waals surface area contributed by atoms with Gasteiger partial charge in [-0.05, 0) is 51.9 Å². The second kappa shape index (κ2) is 3.48. The highest BCUT2D eigenvalue weighted by Crippen LogP contribution is 2.52. The monoisotopic (exact) mass is 211 g/mol. The molecule has 2 aliphatic carbocycles. The summed E-state index contributed by atoms with van der Waals surface area (Å²) in [5.74, 6) is 1.42. The van der Waals surface area contributed by atoms with Crippen molar-refractivity contribution in [3.8, 4) is 0 Å². The Morgan fingerprint density at radius 3 is 2.33 bits per heavy atom. The van der Waals surface area contributed by atoms with E-state index >= 15 is 0 Å². The van der Waals surface area contributed by atoms with Gasteiger partial charge in [0.15, 0.2) is 0 Å². The molecular weight excluding hydrogens is 190 g/mol. The second-order valence-electron chi connectivity index (χ2n) is 6.03. The van der Waals surface area contributed by atoms with E-state index < -0.39 is 0 Å². The van der Waals surface area contributed by atoms with E-state index in [2.05, 4.69) is 0 Å². The molecular formula is C12H21NO2. The first kappa shape index (κ1) is 10.9. The summed E-state index contributed by atoms with van der Waals surface area (Å²) in [6.07, 6.45) is 3.22. The summed E-state index contributed by atoms with van der Waals surface area (Å²) in [6.45, 7) is 5.75. The molecule has 0 amide bonds. The summed E-state index contributed by atoms with van der Waals surface area (Å²) in [7, 11) is 0.